The number of thiophene rings is 1. The molecule has 1 aromatic heterocycles. The Morgan fingerprint density at radius 3 is 2.80 bits per heavy atom. The first kappa shape index (κ1) is 17.8. The molecular formula is C18H16N2O2S3. The molecule has 2 amide bonds. The second kappa shape index (κ2) is 7.51. The number of hydrogen-bond acceptors (Lipinski definition) is 5. The van der Waals surface area contributed by atoms with Crippen molar-refractivity contribution >= 4 is 63.2 Å². The third-order valence-electron chi connectivity index (χ3n) is 3.65. The number of nitrogens with one attached hydrogen (secondary N) is 1. The average molecular weight is 389 g/mol. The van der Waals surface area contributed by atoms with Gasteiger partial charge in [-0.25, -0.2) is 0 Å². The molecule has 0 atom stereocenters. The van der Waals surface area contributed by atoms with Crippen LogP contribution in [0.4, 0.5) is 5.69 Å². The quantitative estimate of drug-likeness (QED) is 0.630. The van der Waals surface area contributed by atoms with Crippen LogP contribution in [-0.2, 0) is 9.59 Å². The highest BCUT2D eigenvalue weighted by Gasteiger charge is 2.33. The monoisotopic (exact) mass is 388 g/mol. The zero-order valence-electron chi connectivity index (χ0n) is 13.7. The van der Waals surface area contributed by atoms with Gasteiger partial charge >= 0.3 is 0 Å². The van der Waals surface area contributed by atoms with Crippen LogP contribution < -0.4 is 5.32 Å². The number of amides is 2. The van der Waals surface area contributed by atoms with Crippen molar-refractivity contribution in [2.45, 2.75) is 13.8 Å². The van der Waals surface area contributed by atoms with Crippen LogP contribution in [0.15, 0.2) is 40.6 Å². The summed E-state index contributed by atoms with van der Waals surface area (Å²) in [4.78, 5) is 27.7. The molecule has 0 unspecified atom stereocenters. The number of hydrogen-bond donors (Lipinski definition) is 1. The Labute approximate surface area is 159 Å². The van der Waals surface area contributed by atoms with Gasteiger partial charge in [-0.05, 0) is 43.0 Å². The van der Waals surface area contributed by atoms with Crippen LogP contribution in [0.2, 0.25) is 0 Å². The summed E-state index contributed by atoms with van der Waals surface area (Å²) in [7, 11) is 0. The number of thioether (sulfide) groups is 1. The predicted octanol–water partition coefficient (Wildman–Crippen LogP) is 4.20. The highest BCUT2D eigenvalue weighted by atomic mass is 32.2. The van der Waals surface area contributed by atoms with E-state index in [-0.39, 0.29) is 18.4 Å². The van der Waals surface area contributed by atoms with E-state index < -0.39 is 0 Å². The van der Waals surface area contributed by atoms with E-state index in [1.165, 1.54) is 16.7 Å². The third-order valence-corrected chi connectivity index (χ3v) is 5.84. The molecule has 3 rings (SSSR count). The summed E-state index contributed by atoms with van der Waals surface area (Å²) in [5, 5.41) is 4.80. The number of benzene rings is 1. The predicted molar refractivity (Wildman–Crippen MR) is 109 cm³/mol. The Morgan fingerprint density at radius 2 is 2.12 bits per heavy atom. The van der Waals surface area contributed by atoms with Gasteiger partial charge in [-0.2, -0.15) is 0 Å². The summed E-state index contributed by atoms with van der Waals surface area (Å²) in [5.41, 5.74) is 2.86. The van der Waals surface area contributed by atoms with E-state index in [9.17, 15) is 9.59 Å². The Balaban J connectivity index is 1.69. The van der Waals surface area contributed by atoms with Crippen LogP contribution in [0, 0.1) is 13.8 Å². The maximum Gasteiger partial charge on any atom is 0.266 e. The number of nitrogens with zero attached hydrogens (tertiary/aromatic N) is 1. The lowest BCUT2D eigenvalue weighted by Crippen LogP contribution is -2.36. The molecule has 1 aliphatic heterocycles. The van der Waals surface area contributed by atoms with Crippen LogP contribution in [0.3, 0.4) is 0 Å². The number of anilines is 1. The van der Waals surface area contributed by atoms with Crippen LogP contribution in [0.5, 0.6) is 0 Å². The summed E-state index contributed by atoms with van der Waals surface area (Å²) < 4.78 is 0.406. The van der Waals surface area contributed by atoms with Crippen molar-refractivity contribution in [3.63, 3.8) is 0 Å². The number of carbonyl (C=O) groups is 2. The largest absolute Gasteiger partial charge is 0.324 e. The van der Waals surface area contributed by atoms with Gasteiger partial charge in [-0.15, -0.1) is 11.3 Å². The van der Waals surface area contributed by atoms with Gasteiger partial charge in [-0.1, -0.05) is 47.7 Å². The lowest BCUT2D eigenvalue weighted by Gasteiger charge is -2.15. The van der Waals surface area contributed by atoms with Crippen LogP contribution in [0.25, 0.3) is 6.08 Å². The van der Waals surface area contributed by atoms with Gasteiger partial charge in [0.15, 0.2) is 0 Å². The third kappa shape index (κ3) is 4.18. The van der Waals surface area contributed by atoms with E-state index in [4.69, 9.17) is 12.2 Å². The van der Waals surface area contributed by atoms with Crippen molar-refractivity contribution in [1.29, 1.82) is 0 Å². The lowest BCUT2D eigenvalue weighted by atomic mass is 10.1. The first-order valence-corrected chi connectivity index (χ1v) is 9.70. The topological polar surface area (TPSA) is 49.4 Å². The summed E-state index contributed by atoms with van der Waals surface area (Å²) >= 11 is 8.05. The standard InChI is InChI=1S/C18H16N2O2S3/c1-11-5-6-14(12(2)8-11)19-16(21)10-20-17(22)15(25-18(20)23)9-13-4-3-7-24-13/h3-9H,10H2,1-2H3,(H,19,21). The average Bonchev–Trinajstić information content (AvgIpc) is 3.15. The molecule has 0 aliphatic carbocycles. The van der Waals surface area contributed by atoms with Crippen LogP contribution in [-0.4, -0.2) is 27.6 Å². The van der Waals surface area contributed by atoms with Crippen molar-refractivity contribution in [3.8, 4) is 0 Å². The lowest BCUT2D eigenvalue weighted by molar-refractivity contribution is -0.126. The molecule has 1 fully saturated rings. The van der Waals surface area contributed by atoms with Crippen molar-refractivity contribution in [3.05, 3.63) is 56.6 Å². The fourth-order valence-electron chi connectivity index (χ4n) is 2.43. The molecule has 1 aromatic carbocycles. The SMILES string of the molecule is Cc1ccc(NC(=O)CN2C(=O)C(=Cc3cccs3)SC2=S)c(C)c1. The zero-order chi connectivity index (χ0) is 18.0. The normalized spacial score (nSPS) is 15.9. The first-order valence-electron chi connectivity index (χ1n) is 7.60. The minimum Gasteiger partial charge on any atom is -0.324 e. The molecule has 0 bridgehead atoms. The molecule has 1 saturated heterocycles. The summed E-state index contributed by atoms with van der Waals surface area (Å²) in [6.45, 7) is 3.85. The number of rotatable bonds is 4. The first-order chi connectivity index (χ1) is 11.9. The second-order valence-electron chi connectivity index (χ2n) is 5.65. The van der Waals surface area contributed by atoms with Crippen LogP contribution in [0.1, 0.15) is 16.0 Å². The molecule has 0 radical (unpaired) electrons. The Kier molecular flexibility index (Phi) is 5.36. The number of aryl methyl sites for hydroxylation is 2. The Morgan fingerprint density at radius 1 is 1.32 bits per heavy atom. The van der Waals surface area contributed by atoms with Crippen molar-refractivity contribution in [1.82, 2.24) is 4.90 Å². The minimum atomic E-state index is -0.263. The van der Waals surface area contributed by atoms with Gasteiger partial charge in [0.2, 0.25) is 5.91 Å². The van der Waals surface area contributed by atoms with E-state index in [1.54, 1.807) is 11.3 Å². The maximum atomic E-state index is 12.5. The molecule has 4 nitrogen and oxygen atoms in total. The molecule has 0 spiro atoms. The summed E-state index contributed by atoms with van der Waals surface area (Å²) in [6.07, 6.45) is 1.81. The zero-order valence-corrected chi connectivity index (χ0v) is 16.2. The van der Waals surface area contributed by atoms with Crippen molar-refractivity contribution in [2.75, 3.05) is 11.9 Å². The molecule has 1 N–H and O–H groups in total. The van der Waals surface area contributed by atoms with E-state index in [0.717, 1.165) is 21.7 Å². The summed E-state index contributed by atoms with van der Waals surface area (Å²) in [6, 6.07) is 9.66. The molecular weight excluding hydrogens is 372 g/mol. The number of thiocarbonyl (C=S) groups is 1. The van der Waals surface area contributed by atoms with E-state index >= 15 is 0 Å². The molecule has 7 heteroatoms. The van der Waals surface area contributed by atoms with Gasteiger partial charge in [0, 0.05) is 10.6 Å². The summed E-state index contributed by atoms with van der Waals surface area (Å²) in [5.74, 6) is -0.486. The Bertz CT molecular complexity index is 872. The molecule has 128 valence electrons. The van der Waals surface area contributed by atoms with Gasteiger partial charge in [0.25, 0.3) is 5.91 Å². The van der Waals surface area contributed by atoms with Gasteiger partial charge in [0.1, 0.15) is 10.9 Å². The van der Waals surface area contributed by atoms with Gasteiger partial charge in [-0.3, -0.25) is 14.5 Å². The molecule has 0 saturated carbocycles. The van der Waals surface area contributed by atoms with Gasteiger partial charge in [0.05, 0.1) is 4.91 Å². The Hall–Kier alpha value is -1.96. The highest BCUT2D eigenvalue weighted by Crippen LogP contribution is 2.33. The molecule has 2 heterocycles. The van der Waals surface area contributed by atoms with Crippen molar-refractivity contribution in [2.24, 2.45) is 0 Å². The minimum absolute atomic E-state index is 0.0836. The fraction of sp³-hybridized carbons (Fsp3) is 0.167. The second-order valence-corrected chi connectivity index (χ2v) is 8.30. The smallest absolute Gasteiger partial charge is 0.266 e. The van der Waals surface area contributed by atoms with Crippen LogP contribution >= 0.6 is 35.3 Å². The van der Waals surface area contributed by atoms with E-state index in [0.29, 0.717) is 9.23 Å². The van der Waals surface area contributed by atoms with Crippen molar-refractivity contribution < 1.29 is 9.59 Å². The molecule has 2 aromatic rings. The van der Waals surface area contributed by atoms with Gasteiger partial charge < -0.3 is 5.32 Å². The fourth-order valence-corrected chi connectivity index (χ4v) is 4.40. The van der Waals surface area contributed by atoms with E-state index in [1.807, 2.05) is 55.6 Å². The highest BCUT2D eigenvalue weighted by molar-refractivity contribution is 8.26. The number of carbonyl (C=O) groups excluding carboxylic acids is 2. The maximum absolute atomic E-state index is 12.5. The molecule has 25 heavy (non-hydrogen) atoms. The molecule has 1 aliphatic rings. The van der Waals surface area contributed by atoms with E-state index in [2.05, 4.69) is 5.32 Å².